The van der Waals surface area contributed by atoms with Crippen molar-refractivity contribution in [1.82, 2.24) is 14.5 Å². The van der Waals surface area contributed by atoms with Crippen LogP contribution in [0.5, 0.6) is 0 Å². The van der Waals surface area contributed by atoms with Crippen LogP contribution in [0.15, 0.2) is 30.6 Å². The fourth-order valence-electron chi connectivity index (χ4n) is 2.58. The molecule has 1 unspecified atom stereocenters. The van der Waals surface area contributed by atoms with E-state index in [1.54, 1.807) is 6.20 Å². The van der Waals surface area contributed by atoms with Crippen molar-refractivity contribution in [3.63, 3.8) is 0 Å². The van der Waals surface area contributed by atoms with Crippen LogP contribution in [-0.2, 0) is 16.0 Å². The van der Waals surface area contributed by atoms with Gasteiger partial charge in [-0.1, -0.05) is 6.07 Å². The molecule has 2 aromatic heterocycles. The molecule has 3 heterocycles. The molecule has 2 aromatic rings. The number of nitrogens with zero attached hydrogens (tertiary/aromatic N) is 3. The summed E-state index contributed by atoms with van der Waals surface area (Å²) in [7, 11) is 1.42. The third kappa shape index (κ3) is 2.01. The Morgan fingerprint density at radius 1 is 1.42 bits per heavy atom. The summed E-state index contributed by atoms with van der Waals surface area (Å²) in [4.78, 5) is 20.7. The molecule has 0 radical (unpaired) electrons. The molecule has 1 aliphatic rings. The smallest absolute Gasteiger partial charge is 0.328 e. The SMILES string of the molecule is COC(=O)C1CCCc2cnc(-c3ccccn3)n21. The van der Waals surface area contributed by atoms with E-state index >= 15 is 0 Å². The van der Waals surface area contributed by atoms with Crippen molar-refractivity contribution in [2.45, 2.75) is 25.3 Å². The molecular weight excluding hydrogens is 242 g/mol. The lowest BCUT2D eigenvalue weighted by Crippen LogP contribution is -2.26. The maximum atomic E-state index is 11.9. The molecule has 0 aromatic carbocycles. The van der Waals surface area contributed by atoms with E-state index in [0.717, 1.165) is 36.5 Å². The number of methoxy groups -OCH3 is 1. The second kappa shape index (κ2) is 4.84. The van der Waals surface area contributed by atoms with E-state index in [1.165, 1.54) is 7.11 Å². The zero-order valence-corrected chi connectivity index (χ0v) is 10.7. The molecule has 0 spiro atoms. The minimum Gasteiger partial charge on any atom is -0.467 e. The number of hydrogen-bond donors (Lipinski definition) is 0. The standard InChI is InChI=1S/C14H15N3O2/c1-19-14(18)12-7-4-5-10-9-16-13(17(10)12)11-6-2-3-8-15-11/h2-3,6,8-9,12H,4-5,7H2,1H3. The summed E-state index contributed by atoms with van der Waals surface area (Å²) in [6, 6.07) is 5.40. The zero-order chi connectivity index (χ0) is 13.2. The fourth-order valence-corrected chi connectivity index (χ4v) is 2.58. The number of carbonyl (C=O) groups is 1. The lowest BCUT2D eigenvalue weighted by Gasteiger charge is -2.25. The molecule has 0 saturated carbocycles. The second-order valence-electron chi connectivity index (χ2n) is 4.59. The molecule has 0 N–H and O–H groups in total. The minimum atomic E-state index is -0.284. The topological polar surface area (TPSA) is 57.0 Å². The van der Waals surface area contributed by atoms with Gasteiger partial charge in [0.15, 0.2) is 5.82 Å². The molecule has 5 heteroatoms. The lowest BCUT2D eigenvalue weighted by molar-refractivity contribution is -0.145. The van der Waals surface area contributed by atoms with E-state index in [9.17, 15) is 4.79 Å². The number of hydrogen-bond acceptors (Lipinski definition) is 4. The van der Waals surface area contributed by atoms with Gasteiger partial charge in [0.1, 0.15) is 11.7 Å². The van der Waals surface area contributed by atoms with Crippen molar-refractivity contribution in [3.8, 4) is 11.5 Å². The van der Waals surface area contributed by atoms with Crippen molar-refractivity contribution in [3.05, 3.63) is 36.3 Å². The molecule has 1 aliphatic heterocycles. The van der Waals surface area contributed by atoms with Gasteiger partial charge >= 0.3 is 5.97 Å². The van der Waals surface area contributed by atoms with Crippen LogP contribution >= 0.6 is 0 Å². The second-order valence-corrected chi connectivity index (χ2v) is 4.59. The van der Waals surface area contributed by atoms with Crippen LogP contribution in [0.25, 0.3) is 11.5 Å². The Morgan fingerprint density at radius 2 is 2.32 bits per heavy atom. The van der Waals surface area contributed by atoms with E-state index in [0.29, 0.717) is 0 Å². The predicted molar refractivity (Wildman–Crippen MR) is 69.4 cm³/mol. The molecule has 5 nitrogen and oxygen atoms in total. The van der Waals surface area contributed by atoms with Crippen LogP contribution in [0.1, 0.15) is 24.6 Å². The van der Waals surface area contributed by atoms with Gasteiger partial charge in [0.25, 0.3) is 0 Å². The van der Waals surface area contributed by atoms with E-state index in [2.05, 4.69) is 9.97 Å². The van der Waals surface area contributed by atoms with E-state index in [-0.39, 0.29) is 12.0 Å². The number of imidazole rings is 1. The third-order valence-electron chi connectivity index (χ3n) is 3.46. The van der Waals surface area contributed by atoms with Gasteiger partial charge in [-0.3, -0.25) is 4.98 Å². The van der Waals surface area contributed by atoms with Gasteiger partial charge < -0.3 is 9.30 Å². The highest BCUT2D eigenvalue weighted by Crippen LogP contribution is 2.31. The van der Waals surface area contributed by atoms with Gasteiger partial charge in [0, 0.05) is 18.1 Å². The van der Waals surface area contributed by atoms with Crippen molar-refractivity contribution < 1.29 is 9.53 Å². The van der Waals surface area contributed by atoms with Crippen LogP contribution < -0.4 is 0 Å². The molecule has 0 aliphatic carbocycles. The number of fused-ring (bicyclic) bond motifs is 1. The number of aryl methyl sites for hydroxylation is 1. The first kappa shape index (κ1) is 11.9. The highest BCUT2D eigenvalue weighted by Gasteiger charge is 2.30. The van der Waals surface area contributed by atoms with Crippen LogP contribution in [-0.4, -0.2) is 27.6 Å². The number of esters is 1. The van der Waals surface area contributed by atoms with Gasteiger partial charge in [-0.15, -0.1) is 0 Å². The highest BCUT2D eigenvalue weighted by atomic mass is 16.5. The maximum Gasteiger partial charge on any atom is 0.328 e. The molecule has 1 atom stereocenters. The molecule has 0 amide bonds. The third-order valence-corrected chi connectivity index (χ3v) is 3.46. The Hall–Kier alpha value is -2.17. The van der Waals surface area contributed by atoms with Gasteiger partial charge in [-0.2, -0.15) is 0 Å². The van der Waals surface area contributed by atoms with E-state index in [1.807, 2.05) is 29.0 Å². The summed E-state index contributed by atoms with van der Waals surface area (Å²) in [6.45, 7) is 0. The van der Waals surface area contributed by atoms with Crippen molar-refractivity contribution >= 4 is 5.97 Å². The van der Waals surface area contributed by atoms with Gasteiger partial charge in [0.05, 0.1) is 7.11 Å². The number of ether oxygens (including phenoxy) is 1. The Labute approximate surface area is 111 Å². The first-order valence-corrected chi connectivity index (χ1v) is 6.36. The Balaban J connectivity index is 2.09. The fraction of sp³-hybridized carbons (Fsp3) is 0.357. The van der Waals surface area contributed by atoms with Crippen molar-refractivity contribution in [2.75, 3.05) is 7.11 Å². The summed E-state index contributed by atoms with van der Waals surface area (Å²) in [6.07, 6.45) is 6.27. The normalized spacial score (nSPS) is 17.8. The lowest BCUT2D eigenvalue weighted by atomic mass is 10.0. The number of rotatable bonds is 2. The number of aromatic nitrogens is 3. The van der Waals surface area contributed by atoms with Gasteiger partial charge in [-0.25, -0.2) is 9.78 Å². The average Bonchev–Trinajstić information content (AvgIpc) is 2.91. The van der Waals surface area contributed by atoms with Crippen LogP contribution in [0, 0.1) is 0 Å². The molecular formula is C14H15N3O2. The summed E-state index contributed by atoms with van der Waals surface area (Å²) in [5.74, 6) is 0.529. The Bertz CT molecular complexity index is 592. The maximum absolute atomic E-state index is 11.9. The summed E-state index contributed by atoms with van der Waals surface area (Å²) in [5.41, 5.74) is 1.85. The first-order chi connectivity index (χ1) is 9.31. The molecule has 3 rings (SSSR count). The first-order valence-electron chi connectivity index (χ1n) is 6.36. The summed E-state index contributed by atoms with van der Waals surface area (Å²) in [5, 5.41) is 0. The van der Waals surface area contributed by atoms with Crippen LogP contribution in [0.3, 0.4) is 0 Å². The quantitative estimate of drug-likeness (QED) is 0.772. The monoisotopic (exact) mass is 257 g/mol. The van der Waals surface area contributed by atoms with E-state index < -0.39 is 0 Å². The summed E-state index contributed by atoms with van der Waals surface area (Å²) >= 11 is 0. The highest BCUT2D eigenvalue weighted by molar-refractivity contribution is 5.75. The Kier molecular flexibility index (Phi) is 3.03. The summed E-state index contributed by atoms with van der Waals surface area (Å²) < 4.78 is 6.87. The van der Waals surface area contributed by atoms with Gasteiger partial charge in [0.2, 0.25) is 0 Å². The van der Waals surface area contributed by atoms with Crippen molar-refractivity contribution in [1.29, 1.82) is 0 Å². The molecule has 19 heavy (non-hydrogen) atoms. The van der Waals surface area contributed by atoms with Crippen molar-refractivity contribution in [2.24, 2.45) is 0 Å². The van der Waals surface area contributed by atoms with Crippen LogP contribution in [0.2, 0.25) is 0 Å². The zero-order valence-electron chi connectivity index (χ0n) is 10.7. The van der Waals surface area contributed by atoms with Gasteiger partial charge in [-0.05, 0) is 31.4 Å². The molecule has 0 saturated heterocycles. The van der Waals surface area contributed by atoms with E-state index in [4.69, 9.17) is 4.74 Å². The largest absolute Gasteiger partial charge is 0.467 e. The predicted octanol–water partition coefficient (Wildman–Crippen LogP) is 2.00. The molecule has 0 bridgehead atoms. The molecule has 0 fully saturated rings. The number of carbonyl (C=O) groups excluding carboxylic acids is 1. The minimum absolute atomic E-state index is 0.212. The molecule has 98 valence electrons. The number of pyridine rings is 1. The average molecular weight is 257 g/mol. The van der Waals surface area contributed by atoms with Crippen LogP contribution in [0.4, 0.5) is 0 Å². The Morgan fingerprint density at radius 3 is 3.05 bits per heavy atom.